The number of benzene rings is 3. The van der Waals surface area contributed by atoms with Crippen LogP contribution in [0.4, 0.5) is 13.2 Å². The maximum absolute atomic E-state index is 14.1. The summed E-state index contributed by atoms with van der Waals surface area (Å²) in [6.07, 6.45) is -4.39. The quantitative estimate of drug-likeness (QED) is 0.217. The van der Waals surface area contributed by atoms with E-state index in [-0.39, 0.29) is 42.2 Å². The van der Waals surface area contributed by atoms with Crippen molar-refractivity contribution in [3.8, 4) is 17.2 Å². The second-order valence-electron chi connectivity index (χ2n) is 9.16. The van der Waals surface area contributed by atoms with Gasteiger partial charge in [0.05, 0.1) is 23.1 Å². The molecule has 3 aromatic carbocycles. The van der Waals surface area contributed by atoms with Crippen LogP contribution in [0.3, 0.4) is 0 Å². The average molecular weight is 574 g/mol. The van der Waals surface area contributed by atoms with Gasteiger partial charge in [0, 0.05) is 18.1 Å². The fourth-order valence-corrected chi connectivity index (χ4v) is 4.40. The standard InChI is InChI=1S/C29H23ClF3NO6/c1-2-13-37-28(36)18-5-9-20(10-6-18)39-26-24(35)21-11-12-23-22(25(21)40-27(26)29(31,32)33)15-34(16-38-23)14-17-3-7-19(30)8-4-17/h3-12H,2,13-16H2,1H3. The molecule has 7 nitrogen and oxygen atoms in total. The Morgan fingerprint density at radius 3 is 2.45 bits per heavy atom. The Morgan fingerprint density at radius 1 is 1.05 bits per heavy atom. The summed E-state index contributed by atoms with van der Waals surface area (Å²) in [5.41, 5.74) is 0.225. The normalized spacial score (nSPS) is 13.5. The van der Waals surface area contributed by atoms with Gasteiger partial charge in [-0.3, -0.25) is 9.69 Å². The second-order valence-corrected chi connectivity index (χ2v) is 9.59. The molecule has 40 heavy (non-hydrogen) atoms. The molecule has 0 bridgehead atoms. The van der Waals surface area contributed by atoms with Gasteiger partial charge in [0.15, 0.2) is 0 Å². The van der Waals surface area contributed by atoms with Gasteiger partial charge < -0.3 is 18.6 Å². The molecule has 4 aromatic rings. The third kappa shape index (κ3) is 5.78. The zero-order valence-electron chi connectivity index (χ0n) is 21.2. The van der Waals surface area contributed by atoms with Gasteiger partial charge in [0.25, 0.3) is 5.76 Å². The molecule has 0 spiro atoms. The Balaban J connectivity index is 1.49. The molecule has 0 N–H and O–H groups in total. The molecule has 5 rings (SSSR count). The summed E-state index contributed by atoms with van der Waals surface area (Å²) in [7, 11) is 0. The number of hydrogen-bond donors (Lipinski definition) is 0. The lowest BCUT2D eigenvalue weighted by molar-refractivity contribution is -0.154. The molecule has 11 heteroatoms. The van der Waals surface area contributed by atoms with Crippen molar-refractivity contribution in [3.05, 3.63) is 98.4 Å². The molecule has 0 amide bonds. The van der Waals surface area contributed by atoms with Gasteiger partial charge in [-0.05, 0) is 60.5 Å². The van der Waals surface area contributed by atoms with Gasteiger partial charge in [-0.15, -0.1) is 0 Å². The van der Waals surface area contributed by atoms with Gasteiger partial charge in [-0.2, -0.15) is 13.2 Å². The van der Waals surface area contributed by atoms with Crippen molar-refractivity contribution >= 4 is 28.5 Å². The minimum atomic E-state index is -5.03. The van der Waals surface area contributed by atoms with Crippen LogP contribution in [0.2, 0.25) is 5.02 Å². The summed E-state index contributed by atoms with van der Waals surface area (Å²) in [6, 6.07) is 15.3. The third-order valence-corrected chi connectivity index (χ3v) is 6.44. The molecule has 1 aromatic heterocycles. The maximum atomic E-state index is 14.1. The number of carbonyl (C=O) groups is 1. The summed E-state index contributed by atoms with van der Waals surface area (Å²) in [6.45, 7) is 2.90. The lowest BCUT2D eigenvalue weighted by Crippen LogP contribution is -2.32. The fourth-order valence-electron chi connectivity index (χ4n) is 4.28. The Labute approximate surface area is 231 Å². The summed E-state index contributed by atoms with van der Waals surface area (Å²) in [4.78, 5) is 27.2. The topological polar surface area (TPSA) is 78.2 Å². The van der Waals surface area contributed by atoms with E-state index in [2.05, 4.69) is 0 Å². The van der Waals surface area contributed by atoms with E-state index < -0.39 is 29.1 Å². The molecule has 0 saturated heterocycles. The van der Waals surface area contributed by atoms with Gasteiger partial charge in [-0.1, -0.05) is 30.7 Å². The van der Waals surface area contributed by atoms with Crippen molar-refractivity contribution in [2.24, 2.45) is 0 Å². The smallest absolute Gasteiger partial charge is 0.453 e. The summed E-state index contributed by atoms with van der Waals surface area (Å²) in [5, 5.41) is 0.498. The van der Waals surface area contributed by atoms with Crippen molar-refractivity contribution in [2.45, 2.75) is 32.6 Å². The molecule has 208 valence electrons. The number of halogens is 4. The minimum absolute atomic E-state index is 0.0837. The number of hydrogen-bond acceptors (Lipinski definition) is 7. The molecule has 0 radical (unpaired) electrons. The lowest BCUT2D eigenvalue weighted by Gasteiger charge is -2.29. The highest BCUT2D eigenvalue weighted by molar-refractivity contribution is 6.30. The predicted octanol–water partition coefficient (Wildman–Crippen LogP) is 7.18. The van der Waals surface area contributed by atoms with Crippen LogP contribution in [-0.4, -0.2) is 24.2 Å². The Kier molecular flexibility index (Phi) is 7.73. The van der Waals surface area contributed by atoms with Gasteiger partial charge in [0.2, 0.25) is 11.2 Å². The molecule has 0 saturated carbocycles. The maximum Gasteiger partial charge on any atom is 0.453 e. The van der Waals surface area contributed by atoms with Crippen LogP contribution >= 0.6 is 11.6 Å². The molecule has 1 aliphatic rings. The van der Waals surface area contributed by atoms with E-state index in [4.69, 9.17) is 30.2 Å². The minimum Gasteiger partial charge on any atom is -0.478 e. The number of fused-ring (bicyclic) bond motifs is 3. The Bertz CT molecular complexity index is 1600. The van der Waals surface area contributed by atoms with Crippen LogP contribution in [0.5, 0.6) is 17.2 Å². The summed E-state index contributed by atoms with van der Waals surface area (Å²) < 4.78 is 64.1. The highest BCUT2D eigenvalue weighted by Gasteiger charge is 2.41. The van der Waals surface area contributed by atoms with Gasteiger partial charge >= 0.3 is 12.1 Å². The van der Waals surface area contributed by atoms with Crippen LogP contribution in [0.25, 0.3) is 11.0 Å². The first-order valence-corrected chi connectivity index (χ1v) is 12.8. The van der Waals surface area contributed by atoms with Crippen LogP contribution in [-0.2, 0) is 24.0 Å². The molecular formula is C29H23ClF3NO6. The lowest BCUT2D eigenvalue weighted by atomic mass is 10.1. The molecule has 0 atom stereocenters. The van der Waals surface area contributed by atoms with Crippen molar-refractivity contribution in [1.82, 2.24) is 4.90 Å². The van der Waals surface area contributed by atoms with Crippen LogP contribution in [0.15, 0.2) is 69.9 Å². The number of rotatable bonds is 7. The zero-order valence-corrected chi connectivity index (χ0v) is 22.0. The zero-order chi connectivity index (χ0) is 28.4. The van der Waals surface area contributed by atoms with E-state index in [0.717, 1.165) is 5.56 Å². The average Bonchev–Trinajstić information content (AvgIpc) is 2.94. The largest absolute Gasteiger partial charge is 0.478 e. The molecule has 2 heterocycles. The highest BCUT2D eigenvalue weighted by Crippen LogP contribution is 2.41. The molecular weight excluding hydrogens is 551 g/mol. The van der Waals surface area contributed by atoms with Gasteiger partial charge in [0.1, 0.15) is 23.8 Å². The van der Waals surface area contributed by atoms with Crippen molar-refractivity contribution in [2.75, 3.05) is 13.3 Å². The van der Waals surface area contributed by atoms with E-state index in [0.29, 0.717) is 29.3 Å². The predicted molar refractivity (Wildman–Crippen MR) is 141 cm³/mol. The number of alkyl halides is 3. The fraction of sp³-hybridized carbons (Fsp3) is 0.241. The summed E-state index contributed by atoms with van der Waals surface area (Å²) in [5.74, 6) is -2.91. The van der Waals surface area contributed by atoms with E-state index in [1.807, 2.05) is 24.0 Å². The van der Waals surface area contributed by atoms with E-state index in [1.165, 1.54) is 36.4 Å². The van der Waals surface area contributed by atoms with Crippen LogP contribution in [0, 0.1) is 0 Å². The van der Waals surface area contributed by atoms with Crippen molar-refractivity contribution in [1.29, 1.82) is 0 Å². The number of esters is 1. The molecule has 0 aliphatic carbocycles. The Morgan fingerprint density at radius 2 is 1.77 bits per heavy atom. The second kappa shape index (κ2) is 11.2. The number of carbonyl (C=O) groups excluding carboxylic acids is 1. The SMILES string of the molecule is CCCOC(=O)c1ccc(Oc2c(C(F)(F)F)oc3c4c(ccc3c2=O)OCN(Cc2ccc(Cl)cc2)C4)cc1. The number of ether oxygens (including phenoxy) is 3. The van der Waals surface area contributed by atoms with Crippen molar-refractivity contribution in [3.63, 3.8) is 0 Å². The monoisotopic (exact) mass is 573 g/mol. The van der Waals surface area contributed by atoms with Crippen LogP contribution < -0.4 is 14.9 Å². The van der Waals surface area contributed by atoms with Crippen molar-refractivity contribution < 1.29 is 36.6 Å². The first-order valence-electron chi connectivity index (χ1n) is 12.4. The Hall–Kier alpha value is -4.02. The number of nitrogens with zero attached hydrogens (tertiary/aromatic N) is 1. The molecule has 0 unspecified atom stereocenters. The van der Waals surface area contributed by atoms with E-state index >= 15 is 0 Å². The van der Waals surface area contributed by atoms with Crippen LogP contribution in [0.1, 0.15) is 40.6 Å². The third-order valence-electron chi connectivity index (χ3n) is 6.19. The summed E-state index contributed by atoms with van der Waals surface area (Å²) >= 11 is 5.95. The van der Waals surface area contributed by atoms with Gasteiger partial charge in [-0.25, -0.2) is 4.79 Å². The van der Waals surface area contributed by atoms with E-state index in [9.17, 15) is 22.8 Å². The first-order chi connectivity index (χ1) is 19.1. The first kappa shape index (κ1) is 27.5. The highest BCUT2D eigenvalue weighted by atomic mass is 35.5. The van der Waals surface area contributed by atoms with E-state index in [1.54, 1.807) is 12.1 Å². The molecule has 1 aliphatic heterocycles. The molecule has 0 fully saturated rings.